The zero-order chi connectivity index (χ0) is 15.3. The van der Waals surface area contributed by atoms with E-state index in [1.807, 2.05) is 0 Å². The van der Waals surface area contributed by atoms with Crippen molar-refractivity contribution in [2.75, 3.05) is 20.7 Å². The first kappa shape index (κ1) is 15.5. The van der Waals surface area contributed by atoms with E-state index in [-0.39, 0.29) is 18.7 Å². The van der Waals surface area contributed by atoms with Gasteiger partial charge in [-0.1, -0.05) is 0 Å². The van der Waals surface area contributed by atoms with Crippen LogP contribution in [-0.4, -0.2) is 42.4 Å². The molecular formula is C12H13FN2O5. The van der Waals surface area contributed by atoms with Crippen molar-refractivity contribution in [3.8, 4) is 0 Å². The first-order valence-electron chi connectivity index (χ1n) is 5.63. The highest BCUT2D eigenvalue weighted by Gasteiger charge is 2.20. The van der Waals surface area contributed by atoms with Crippen LogP contribution in [0.3, 0.4) is 0 Å². The number of halogens is 1. The molecule has 0 spiro atoms. The number of hydrogen-bond acceptors (Lipinski definition) is 5. The molecule has 0 saturated heterocycles. The van der Waals surface area contributed by atoms with Crippen LogP contribution in [-0.2, 0) is 9.53 Å². The molecular weight excluding hydrogens is 271 g/mol. The maximum atomic E-state index is 13.5. The molecule has 1 rings (SSSR count). The minimum absolute atomic E-state index is 0.0215. The molecule has 0 aliphatic carbocycles. The van der Waals surface area contributed by atoms with E-state index in [4.69, 9.17) is 0 Å². The molecule has 1 aromatic rings. The van der Waals surface area contributed by atoms with Gasteiger partial charge in [0.05, 0.1) is 24.0 Å². The summed E-state index contributed by atoms with van der Waals surface area (Å²) in [5.41, 5.74) is -0.789. The van der Waals surface area contributed by atoms with E-state index < -0.39 is 28.2 Å². The van der Waals surface area contributed by atoms with E-state index in [0.29, 0.717) is 0 Å². The molecule has 0 saturated carbocycles. The standard InChI is InChI=1S/C12H13FN2O5/c1-14(6-5-11(16)20-2)12(17)9-7-8(15(18)19)3-4-10(9)13/h3-4,7H,5-6H2,1-2H3. The van der Waals surface area contributed by atoms with Gasteiger partial charge in [0, 0.05) is 25.7 Å². The van der Waals surface area contributed by atoms with Gasteiger partial charge in [-0.15, -0.1) is 0 Å². The molecule has 1 aromatic carbocycles. The number of carbonyl (C=O) groups excluding carboxylic acids is 2. The minimum Gasteiger partial charge on any atom is -0.469 e. The van der Waals surface area contributed by atoms with Crippen LogP contribution in [0.5, 0.6) is 0 Å². The lowest BCUT2D eigenvalue weighted by Crippen LogP contribution is -2.30. The van der Waals surface area contributed by atoms with Gasteiger partial charge in [-0.3, -0.25) is 19.7 Å². The van der Waals surface area contributed by atoms with Crippen LogP contribution in [0.25, 0.3) is 0 Å². The molecule has 0 aliphatic heterocycles. The normalized spacial score (nSPS) is 9.95. The molecule has 8 heteroatoms. The topological polar surface area (TPSA) is 89.8 Å². The van der Waals surface area contributed by atoms with E-state index in [1.165, 1.54) is 14.2 Å². The van der Waals surface area contributed by atoms with Gasteiger partial charge in [0.2, 0.25) is 0 Å². The average Bonchev–Trinajstić information content (AvgIpc) is 2.43. The highest BCUT2D eigenvalue weighted by Crippen LogP contribution is 2.18. The molecule has 0 aliphatic rings. The number of hydrogen-bond donors (Lipinski definition) is 0. The van der Waals surface area contributed by atoms with Gasteiger partial charge < -0.3 is 9.64 Å². The van der Waals surface area contributed by atoms with Crippen LogP contribution in [0.1, 0.15) is 16.8 Å². The summed E-state index contributed by atoms with van der Waals surface area (Å²) in [7, 11) is 2.58. The fourth-order valence-corrected chi connectivity index (χ4v) is 1.46. The lowest BCUT2D eigenvalue weighted by molar-refractivity contribution is -0.384. The van der Waals surface area contributed by atoms with Crippen molar-refractivity contribution in [3.63, 3.8) is 0 Å². The average molecular weight is 284 g/mol. The maximum Gasteiger partial charge on any atom is 0.307 e. The zero-order valence-corrected chi connectivity index (χ0v) is 11.0. The number of ether oxygens (including phenoxy) is 1. The summed E-state index contributed by atoms with van der Waals surface area (Å²) in [6.07, 6.45) is -0.0463. The third-order valence-electron chi connectivity index (χ3n) is 2.62. The number of nitro benzene ring substituents is 1. The number of carbonyl (C=O) groups is 2. The number of methoxy groups -OCH3 is 1. The van der Waals surface area contributed by atoms with Gasteiger partial charge in [0.15, 0.2) is 0 Å². The third kappa shape index (κ3) is 3.74. The molecule has 0 fully saturated rings. The smallest absolute Gasteiger partial charge is 0.307 e. The number of esters is 1. The van der Waals surface area contributed by atoms with Crippen molar-refractivity contribution >= 4 is 17.6 Å². The number of non-ortho nitro benzene ring substituents is 1. The van der Waals surface area contributed by atoms with Gasteiger partial charge in [-0.2, -0.15) is 0 Å². The van der Waals surface area contributed by atoms with Gasteiger partial charge in [-0.05, 0) is 6.07 Å². The number of amides is 1. The predicted molar refractivity (Wildman–Crippen MR) is 66.6 cm³/mol. The molecule has 1 amide bonds. The van der Waals surface area contributed by atoms with Crippen molar-refractivity contribution in [2.45, 2.75) is 6.42 Å². The lowest BCUT2D eigenvalue weighted by atomic mass is 10.1. The summed E-state index contributed by atoms with van der Waals surface area (Å²) in [6, 6.07) is 2.70. The van der Waals surface area contributed by atoms with Crippen molar-refractivity contribution in [2.24, 2.45) is 0 Å². The van der Waals surface area contributed by atoms with E-state index in [1.54, 1.807) is 0 Å². The summed E-state index contributed by atoms with van der Waals surface area (Å²) < 4.78 is 18.0. The number of rotatable bonds is 5. The Morgan fingerprint density at radius 2 is 2.10 bits per heavy atom. The Balaban J connectivity index is 2.88. The molecule has 0 atom stereocenters. The summed E-state index contributed by atoms with van der Waals surface area (Å²) in [5.74, 6) is -2.11. The fourth-order valence-electron chi connectivity index (χ4n) is 1.46. The lowest BCUT2D eigenvalue weighted by Gasteiger charge is -2.16. The quantitative estimate of drug-likeness (QED) is 0.462. The zero-order valence-electron chi connectivity index (χ0n) is 11.0. The third-order valence-corrected chi connectivity index (χ3v) is 2.62. The van der Waals surface area contributed by atoms with Gasteiger partial charge in [-0.25, -0.2) is 4.39 Å². The maximum absolute atomic E-state index is 13.5. The van der Waals surface area contributed by atoms with Crippen molar-refractivity contribution in [3.05, 3.63) is 39.7 Å². The molecule has 108 valence electrons. The Kier molecular flexibility index (Phi) is 5.13. The summed E-state index contributed by atoms with van der Waals surface area (Å²) >= 11 is 0. The van der Waals surface area contributed by atoms with Crippen LogP contribution in [0, 0.1) is 15.9 Å². The second-order valence-corrected chi connectivity index (χ2v) is 3.97. The first-order valence-corrected chi connectivity index (χ1v) is 5.63. The number of nitrogens with zero attached hydrogens (tertiary/aromatic N) is 2. The first-order chi connectivity index (χ1) is 9.36. The summed E-state index contributed by atoms with van der Waals surface area (Å²) in [4.78, 5) is 33.9. The summed E-state index contributed by atoms with van der Waals surface area (Å²) in [6.45, 7) is 0.0215. The Hall–Kier alpha value is -2.51. The molecule has 0 unspecified atom stereocenters. The van der Waals surface area contributed by atoms with Crippen molar-refractivity contribution in [1.29, 1.82) is 0 Å². The van der Waals surface area contributed by atoms with E-state index in [9.17, 15) is 24.1 Å². The minimum atomic E-state index is -0.856. The Bertz CT molecular complexity index is 547. The highest BCUT2D eigenvalue weighted by molar-refractivity contribution is 5.95. The monoisotopic (exact) mass is 284 g/mol. The van der Waals surface area contributed by atoms with Gasteiger partial charge >= 0.3 is 5.97 Å². The van der Waals surface area contributed by atoms with Crippen LogP contribution in [0.15, 0.2) is 18.2 Å². The number of benzene rings is 1. The van der Waals surface area contributed by atoms with Crippen molar-refractivity contribution < 1.29 is 23.6 Å². The molecule has 7 nitrogen and oxygen atoms in total. The second-order valence-electron chi connectivity index (χ2n) is 3.97. The van der Waals surface area contributed by atoms with Crippen molar-refractivity contribution in [1.82, 2.24) is 4.90 Å². The molecule has 0 heterocycles. The summed E-state index contributed by atoms with van der Waals surface area (Å²) in [5, 5.41) is 10.6. The van der Waals surface area contributed by atoms with E-state index in [0.717, 1.165) is 23.1 Å². The molecule has 0 N–H and O–H groups in total. The molecule has 0 bridgehead atoms. The largest absolute Gasteiger partial charge is 0.469 e. The second kappa shape index (κ2) is 6.60. The Morgan fingerprint density at radius 3 is 2.65 bits per heavy atom. The molecule has 0 aromatic heterocycles. The van der Waals surface area contributed by atoms with Crippen LogP contribution in [0.4, 0.5) is 10.1 Å². The predicted octanol–water partition coefficient (Wildman–Crippen LogP) is 1.37. The fraction of sp³-hybridized carbons (Fsp3) is 0.333. The van der Waals surface area contributed by atoms with E-state index >= 15 is 0 Å². The Labute approximate surface area is 114 Å². The molecule has 20 heavy (non-hydrogen) atoms. The molecule has 0 radical (unpaired) electrons. The van der Waals surface area contributed by atoms with Gasteiger partial charge in [0.1, 0.15) is 5.82 Å². The Morgan fingerprint density at radius 1 is 1.45 bits per heavy atom. The SMILES string of the molecule is COC(=O)CCN(C)C(=O)c1cc([N+](=O)[O-])ccc1F. The number of nitro groups is 1. The van der Waals surface area contributed by atoms with Crippen LogP contribution in [0.2, 0.25) is 0 Å². The van der Waals surface area contributed by atoms with E-state index in [2.05, 4.69) is 4.74 Å². The van der Waals surface area contributed by atoms with Crippen LogP contribution >= 0.6 is 0 Å². The van der Waals surface area contributed by atoms with Gasteiger partial charge in [0.25, 0.3) is 11.6 Å². The highest BCUT2D eigenvalue weighted by atomic mass is 19.1. The van der Waals surface area contributed by atoms with Crippen LogP contribution < -0.4 is 0 Å².